The number of hydrogen-bond donors (Lipinski definition) is 1. The lowest BCUT2D eigenvalue weighted by Crippen LogP contribution is -2.44. The van der Waals surface area contributed by atoms with Crippen LogP contribution >= 0.6 is 0 Å². The average Bonchev–Trinajstić information content (AvgIpc) is 2.66. The number of hydrogen-bond acceptors (Lipinski definition) is 1. The smallest absolute Gasteiger partial charge is 0.412 e. The molecule has 3 nitrogen and oxygen atoms in total. The topological polar surface area (TPSA) is 40.5 Å². The standard InChI is InChI=1S/C15H19NO2/c1-5-10-6-7-12-11(8-10)9-13(15(2,3)4)16(12)14(17)18/h5-8,13H,1,9H2,2-4H3,(H,17,18). The highest BCUT2D eigenvalue weighted by Crippen LogP contribution is 2.40. The summed E-state index contributed by atoms with van der Waals surface area (Å²) in [5.41, 5.74) is 2.86. The van der Waals surface area contributed by atoms with Crippen molar-refractivity contribution in [2.24, 2.45) is 5.41 Å². The van der Waals surface area contributed by atoms with Crippen LogP contribution in [0.5, 0.6) is 0 Å². The lowest BCUT2D eigenvalue weighted by molar-refractivity contribution is 0.191. The van der Waals surface area contributed by atoms with E-state index in [1.165, 1.54) is 4.90 Å². The van der Waals surface area contributed by atoms with Crippen LogP contribution < -0.4 is 4.90 Å². The Morgan fingerprint density at radius 3 is 2.67 bits per heavy atom. The van der Waals surface area contributed by atoms with Crippen LogP contribution in [0, 0.1) is 5.41 Å². The molecule has 0 aromatic heterocycles. The Bertz CT molecular complexity index is 500. The number of benzene rings is 1. The lowest BCUT2D eigenvalue weighted by Gasteiger charge is -2.33. The minimum atomic E-state index is -0.875. The highest BCUT2D eigenvalue weighted by Gasteiger charge is 2.40. The summed E-state index contributed by atoms with van der Waals surface area (Å²) < 4.78 is 0. The molecule has 0 spiro atoms. The van der Waals surface area contributed by atoms with Gasteiger partial charge in [-0.3, -0.25) is 4.90 Å². The molecule has 3 heteroatoms. The van der Waals surface area contributed by atoms with Gasteiger partial charge in [0.2, 0.25) is 0 Å². The van der Waals surface area contributed by atoms with Gasteiger partial charge in [0.05, 0.1) is 5.69 Å². The van der Waals surface area contributed by atoms with Crippen LogP contribution in [0.3, 0.4) is 0 Å². The number of carboxylic acid groups (broad SMARTS) is 1. The molecule has 1 N–H and O–H groups in total. The fraction of sp³-hybridized carbons (Fsp3) is 0.400. The van der Waals surface area contributed by atoms with Crippen LogP contribution in [0.25, 0.3) is 6.08 Å². The van der Waals surface area contributed by atoms with Crippen molar-refractivity contribution >= 4 is 17.9 Å². The Labute approximate surface area is 108 Å². The molecular weight excluding hydrogens is 226 g/mol. The number of rotatable bonds is 1. The first-order valence-corrected chi connectivity index (χ1v) is 6.12. The molecule has 0 saturated carbocycles. The van der Waals surface area contributed by atoms with Crippen molar-refractivity contribution in [3.05, 3.63) is 35.9 Å². The number of fused-ring (bicyclic) bond motifs is 1. The Morgan fingerprint density at radius 2 is 2.17 bits per heavy atom. The summed E-state index contributed by atoms with van der Waals surface area (Å²) in [6.45, 7) is 9.98. The van der Waals surface area contributed by atoms with Gasteiger partial charge >= 0.3 is 6.09 Å². The zero-order valence-electron chi connectivity index (χ0n) is 11.1. The lowest BCUT2D eigenvalue weighted by atomic mass is 9.84. The van der Waals surface area contributed by atoms with E-state index in [-0.39, 0.29) is 11.5 Å². The summed E-state index contributed by atoms with van der Waals surface area (Å²) in [5.74, 6) is 0. The van der Waals surface area contributed by atoms with Gasteiger partial charge in [-0.2, -0.15) is 0 Å². The van der Waals surface area contributed by atoms with E-state index in [2.05, 4.69) is 27.4 Å². The zero-order valence-corrected chi connectivity index (χ0v) is 11.1. The first-order chi connectivity index (χ1) is 8.34. The average molecular weight is 245 g/mol. The number of anilines is 1. The molecule has 1 unspecified atom stereocenters. The molecule has 0 fully saturated rings. The molecular formula is C15H19NO2. The fourth-order valence-electron chi connectivity index (χ4n) is 2.53. The van der Waals surface area contributed by atoms with E-state index in [1.54, 1.807) is 6.08 Å². The summed E-state index contributed by atoms with van der Waals surface area (Å²) in [5, 5.41) is 9.43. The van der Waals surface area contributed by atoms with E-state index in [4.69, 9.17) is 0 Å². The van der Waals surface area contributed by atoms with E-state index in [9.17, 15) is 9.90 Å². The van der Waals surface area contributed by atoms with Gasteiger partial charge in [0.25, 0.3) is 0 Å². The van der Waals surface area contributed by atoms with Crippen LogP contribution in [-0.2, 0) is 6.42 Å². The number of carbonyl (C=O) groups is 1. The molecule has 1 aromatic rings. The summed E-state index contributed by atoms with van der Waals surface area (Å²) in [7, 11) is 0. The summed E-state index contributed by atoms with van der Waals surface area (Å²) >= 11 is 0. The van der Waals surface area contributed by atoms with E-state index in [1.807, 2.05) is 18.2 Å². The van der Waals surface area contributed by atoms with Gasteiger partial charge in [0.15, 0.2) is 0 Å². The van der Waals surface area contributed by atoms with Crippen molar-refractivity contribution in [1.29, 1.82) is 0 Å². The molecule has 1 heterocycles. The van der Waals surface area contributed by atoms with Gasteiger partial charge < -0.3 is 5.11 Å². The molecule has 0 bridgehead atoms. The third kappa shape index (κ3) is 2.01. The highest BCUT2D eigenvalue weighted by atomic mass is 16.4. The van der Waals surface area contributed by atoms with E-state index < -0.39 is 6.09 Å². The third-order valence-electron chi connectivity index (χ3n) is 3.53. The fourth-order valence-corrected chi connectivity index (χ4v) is 2.53. The molecule has 1 atom stereocenters. The van der Waals surface area contributed by atoms with E-state index >= 15 is 0 Å². The molecule has 0 radical (unpaired) electrons. The van der Waals surface area contributed by atoms with Crippen LogP contribution in [0.1, 0.15) is 31.9 Å². The third-order valence-corrected chi connectivity index (χ3v) is 3.53. The quantitative estimate of drug-likeness (QED) is 0.817. The summed E-state index contributed by atoms with van der Waals surface area (Å²) in [4.78, 5) is 13.0. The van der Waals surface area contributed by atoms with Crippen molar-refractivity contribution < 1.29 is 9.90 Å². The monoisotopic (exact) mass is 245 g/mol. The minimum Gasteiger partial charge on any atom is -0.465 e. The molecule has 1 amide bonds. The largest absolute Gasteiger partial charge is 0.465 e. The maximum absolute atomic E-state index is 11.5. The summed E-state index contributed by atoms with van der Waals surface area (Å²) in [6.07, 6.45) is 1.68. The van der Waals surface area contributed by atoms with Crippen LogP contribution in [0.4, 0.5) is 10.5 Å². The molecule has 0 aliphatic carbocycles. The van der Waals surface area contributed by atoms with Gasteiger partial charge in [-0.25, -0.2) is 4.79 Å². The maximum atomic E-state index is 11.5. The molecule has 18 heavy (non-hydrogen) atoms. The van der Waals surface area contributed by atoms with Gasteiger partial charge in [-0.05, 0) is 35.1 Å². The van der Waals surface area contributed by atoms with Gasteiger partial charge in [0.1, 0.15) is 0 Å². The SMILES string of the molecule is C=Cc1ccc2c(c1)CC(C(C)(C)C)N2C(=O)O. The first kappa shape index (κ1) is 12.7. The van der Waals surface area contributed by atoms with Crippen LogP contribution in [0.15, 0.2) is 24.8 Å². The second kappa shape index (κ2) is 4.16. The first-order valence-electron chi connectivity index (χ1n) is 6.12. The minimum absolute atomic E-state index is 0.00920. The molecule has 1 aromatic carbocycles. The predicted octanol–water partition coefficient (Wildman–Crippen LogP) is 3.78. The van der Waals surface area contributed by atoms with E-state index in [0.29, 0.717) is 0 Å². The zero-order chi connectivity index (χ0) is 13.5. The molecule has 96 valence electrons. The highest BCUT2D eigenvalue weighted by molar-refractivity contribution is 5.90. The van der Waals surface area contributed by atoms with Gasteiger partial charge in [0, 0.05) is 6.04 Å². The predicted molar refractivity (Wildman–Crippen MR) is 74.0 cm³/mol. The van der Waals surface area contributed by atoms with Crippen molar-refractivity contribution in [2.75, 3.05) is 4.90 Å². The Morgan fingerprint density at radius 1 is 1.50 bits per heavy atom. The van der Waals surface area contributed by atoms with E-state index in [0.717, 1.165) is 23.2 Å². The van der Waals surface area contributed by atoms with Gasteiger partial charge in [-0.15, -0.1) is 0 Å². The molecule has 0 saturated heterocycles. The Balaban J connectivity index is 2.49. The summed E-state index contributed by atoms with van der Waals surface area (Å²) in [6, 6.07) is 5.81. The molecule has 1 aliphatic heterocycles. The normalized spacial score (nSPS) is 18.6. The van der Waals surface area contributed by atoms with Crippen molar-refractivity contribution in [3.8, 4) is 0 Å². The Kier molecular flexibility index (Phi) is 2.93. The number of nitrogens with zero attached hydrogens (tertiary/aromatic N) is 1. The molecule has 1 aliphatic rings. The van der Waals surface area contributed by atoms with Crippen LogP contribution in [-0.4, -0.2) is 17.2 Å². The van der Waals surface area contributed by atoms with Crippen molar-refractivity contribution in [1.82, 2.24) is 0 Å². The van der Waals surface area contributed by atoms with Gasteiger partial charge in [-0.1, -0.05) is 39.5 Å². The molecule has 2 rings (SSSR count). The maximum Gasteiger partial charge on any atom is 0.412 e. The van der Waals surface area contributed by atoms with Crippen molar-refractivity contribution in [3.63, 3.8) is 0 Å². The Hall–Kier alpha value is -1.77. The van der Waals surface area contributed by atoms with Crippen LogP contribution in [0.2, 0.25) is 0 Å². The van der Waals surface area contributed by atoms with Crippen molar-refractivity contribution in [2.45, 2.75) is 33.2 Å². The second-order valence-corrected chi connectivity index (χ2v) is 5.83. The number of amides is 1. The second-order valence-electron chi connectivity index (χ2n) is 5.83.